The summed E-state index contributed by atoms with van der Waals surface area (Å²) < 4.78 is 0. The lowest BCUT2D eigenvalue weighted by atomic mass is 10.1. The number of nitro groups is 1. The number of hydrogen-bond acceptors (Lipinski definition) is 5. The molecule has 110 valence electrons. The van der Waals surface area contributed by atoms with Crippen molar-refractivity contribution in [3.63, 3.8) is 0 Å². The van der Waals surface area contributed by atoms with Crippen LogP contribution in [0.2, 0.25) is 0 Å². The smallest absolute Gasteiger partial charge is 0.269 e. The lowest BCUT2D eigenvalue weighted by Crippen LogP contribution is -2.14. The number of aromatic amines is 1. The molecule has 2 rings (SSSR count). The summed E-state index contributed by atoms with van der Waals surface area (Å²) in [5.41, 5.74) is 0.879. The van der Waals surface area contributed by atoms with E-state index in [-0.39, 0.29) is 11.2 Å². The summed E-state index contributed by atoms with van der Waals surface area (Å²) >= 11 is 0. The summed E-state index contributed by atoms with van der Waals surface area (Å²) in [6.07, 6.45) is 1.35. The monoisotopic (exact) mass is 288 g/mol. The van der Waals surface area contributed by atoms with Crippen LogP contribution >= 0.6 is 0 Å². The first-order chi connectivity index (χ1) is 10.1. The van der Waals surface area contributed by atoms with Crippen molar-refractivity contribution < 1.29 is 4.92 Å². The van der Waals surface area contributed by atoms with Crippen LogP contribution in [0.1, 0.15) is 18.3 Å². The summed E-state index contributed by atoms with van der Waals surface area (Å²) in [7, 11) is 0. The van der Waals surface area contributed by atoms with Crippen molar-refractivity contribution >= 4 is 11.5 Å². The second kappa shape index (κ2) is 6.65. The van der Waals surface area contributed by atoms with E-state index in [0.717, 1.165) is 5.56 Å². The van der Waals surface area contributed by atoms with Gasteiger partial charge in [0.15, 0.2) is 0 Å². The van der Waals surface area contributed by atoms with Gasteiger partial charge in [0.2, 0.25) is 0 Å². The number of nitrogens with zero attached hydrogens (tertiary/aromatic N) is 2. The van der Waals surface area contributed by atoms with Crippen LogP contribution in [-0.2, 0) is 12.8 Å². The number of anilines is 1. The molecule has 0 aliphatic rings. The summed E-state index contributed by atoms with van der Waals surface area (Å²) in [6, 6.07) is 7.83. The first-order valence-electron chi connectivity index (χ1n) is 6.66. The minimum absolute atomic E-state index is 0.0792. The fourth-order valence-corrected chi connectivity index (χ4v) is 1.89. The van der Waals surface area contributed by atoms with E-state index in [1.165, 1.54) is 18.2 Å². The number of hydrogen-bond donors (Lipinski definition) is 2. The molecule has 0 bridgehead atoms. The molecule has 7 heteroatoms. The van der Waals surface area contributed by atoms with Crippen molar-refractivity contribution in [3.05, 3.63) is 62.2 Å². The molecule has 0 saturated heterocycles. The van der Waals surface area contributed by atoms with Gasteiger partial charge >= 0.3 is 0 Å². The standard InChI is InChI=1S/C14H16N4O3/c1-2-12-16-13(9-14(19)17-12)15-8-7-10-3-5-11(6-4-10)18(20)21/h3-6,9H,2,7-8H2,1H3,(H2,15,16,17,19). The molecule has 0 saturated carbocycles. The van der Waals surface area contributed by atoms with Crippen LogP contribution in [0.25, 0.3) is 0 Å². The molecular weight excluding hydrogens is 272 g/mol. The molecule has 2 N–H and O–H groups in total. The first-order valence-corrected chi connectivity index (χ1v) is 6.66. The Labute approximate surface area is 121 Å². The predicted octanol–water partition coefficient (Wildman–Crippen LogP) is 1.90. The van der Waals surface area contributed by atoms with E-state index in [9.17, 15) is 14.9 Å². The zero-order valence-corrected chi connectivity index (χ0v) is 11.6. The number of aromatic nitrogens is 2. The third kappa shape index (κ3) is 4.13. The number of non-ortho nitro benzene ring substituents is 1. The van der Waals surface area contributed by atoms with Gasteiger partial charge in [-0.05, 0) is 12.0 Å². The third-order valence-electron chi connectivity index (χ3n) is 2.99. The second-order valence-electron chi connectivity index (χ2n) is 4.53. The molecule has 21 heavy (non-hydrogen) atoms. The van der Waals surface area contributed by atoms with E-state index in [4.69, 9.17) is 0 Å². The van der Waals surface area contributed by atoms with Crippen LogP contribution in [0.15, 0.2) is 35.1 Å². The molecule has 0 radical (unpaired) electrons. The zero-order valence-electron chi connectivity index (χ0n) is 11.6. The zero-order chi connectivity index (χ0) is 15.2. The molecule has 0 aliphatic heterocycles. The van der Waals surface area contributed by atoms with Crippen molar-refractivity contribution in [2.24, 2.45) is 0 Å². The number of nitro benzene ring substituents is 1. The van der Waals surface area contributed by atoms with Gasteiger partial charge in [0.1, 0.15) is 11.6 Å². The van der Waals surface area contributed by atoms with Gasteiger partial charge in [0, 0.05) is 31.2 Å². The van der Waals surface area contributed by atoms with Gasteiger partial charge in [-0.2, -0.15) is 0 Å². The number of aryl methyl sites for hydroxylation is 1. The Hall–Kier alpha value is -2.70. The van der Waals surface area contributed by atoms with Crippen molar-refractivity contribution in [2.45, 2.75) is 19.8 Å². The van der Waals surface area contributed by atoms with Crippen LogP contribution in [0.3, 0.4) is 0 Å². The number of H-pyrrole nitrogens is 1. The Morgan fingerprint density at radius 1 is 1.33 bits per heavy atom. The molecule has 0 unspecified atom stereocenters. The summed E-state index contributed by atoms with van der Waals surface area (Å²) in [5.74, 6) is 1.18. The van der Waals surface area contributed by atoms with Gasteiger partial charge in [-0.25, -0.2) is 4.98 Å². The number of benzene rings is 1. The van der Waals surface area contributed by atoms with E-state index < -0.39 is 4.92 Å². The molecule has 2 aromatic rings. The molecular formula is C14H16N4O3. The maximum Gasteiger partial charge on any atom is 0.269 e. The molecule has 1 aromatic heterocycles. The maximum absolute atomic E-state index is 11.4. The Bertz CT molecular complexity index is 679. The Balaban J connectivity index is 1.93. The molecule has 0 fully saturated rings. The highest BCUT2D eigenvalue weighted by atomic mass is 16.6. The van der Waals surface area contributed by atoms with E-state index in [0.29, 0.717) is 31.0 Å². The second-order valence-corrected chi connectivity index (χ2v) is 4.53. The van der Waals surface area contributed by atoms with Gasteiger partial charge in [0.25, 0.3) is 11.2 Å². The van der Waals surface area contributed by atoms with Crippen LogP contribution < -0.4 is 10.9 Å². The van der Waals surface area contributed by atoms with Crippen LogP contribution in [0.4, 0.5) is 11.5 Å². The first kappa shape index (κ1) is 14.7. The highest BCUT2D eigenvalue weighted by Gasteiger charge is 2.04. The lowest BCUT2D eigenvalue weighted by Gasteiger charge is -2.06. The predicted molar refractivity (Wildman–Crippen MR) is 79.5 cm³/mol. The molecule has 7 nitrogen and oxygen atoms in total. The Kier molecular flexibility index (Phi) is 4.65. The van der Waals surface area contributed by atoms with Crippen molar-refractivity contribution in [1.29, 1.82) is 0 Å². The van der Waals surface area contributed by atoms with E-state index in [1.54, 1.807) is 12.1 Å². The van der Waals surface area contributed by atoms with Crippen LogP contribution in [-0.4, -0.2) is 21.4 Å². The Morgan fingerprint density at radius 3 is 2.67 bits per heavy atom. The van der Waals surface area contributed by atoms with E-state index >= 15 is 0 Å². The van der Waals surface area contributed by atoms with Crippen molar-refractivity contribution in [1.82, 2.24) is 9.97 Å². The van der Waals surface area contributed by atoms with Crippen LogP contribution in [0.5, 0.6) is 0 Å². The molecule has 0 aliphatic carbocycles. The van der Waals surface area contributed by atoms with Gasteiger partial charge < -0.3 is 10.3 Å². The fraction of sp³-hybridized carbons (Fsp3) is 0.286. The van der Waals surface area contributed by atoms with Gasteiger partial charge in [-0.1, -0.05) is 19.1 Å². The lowest BCUT2D eigenvalue weighted by molar-refractivity contribution is -0.384. The Morgan fingerprint density at radius 2 is 2.05 bits per heavy atom. The average molecular weight is 288 g/mol. The normalized spacial score (nSPS) is 10.3. The number of nitrogens with one attached hydrogen (secondary N) is 2. The maximum atomic E-state index is 11.4. The van der Waals surface area contributed by atoms with Crippen LogP contribution in [0, 0.1) is 10.1 Å². The van der Waals surface area contributed by atoms with Crippen molar-refractivity contribution in [2.75, 3.05) is 11.9 Å². The van der Waals surface area contributed by atoms with Gasteiger partial charge in [-0.15, -0.1) is 0 Å². The van der Waals surface area contributed by atoms with Gasteiger partial charge in [0.05, 0.1) is 4.92 Å². The molecule has 0 amide bonds. The summed E-state index contributed by atoms with van der Waals surface area (Å²) in [5, 5.41) is 13.6. The van der Waals surface area contributed by atoms with Gasteiger partial charge in [-0.3, -0.25) is 14.9 Å². The molecule has 1 aromatic carbocycles. The third-order valence-corrected chi connectivity index (χ3v) is 2.99. The molecule has 1 heterocycles. The topological polar surface area (TPSA) is 101 Å². The minimum atomic E-state index is -0.422. The quantitative estimate of drug-likeness (QED) is 0.624. The molecule has 0 atom stereocenters. The minimum Gasteiger partial charge on any atom is -0.370 e. The highest BCUT2D eigenvalue weighted by Crippen LogP contribution is 2.12. The summed E-state index contributed by atoms with van der Waals surface area (Å²) in [6.45, 7) is 2.51. The molecule has 0 spiro atoms. The number of rotatable bonds is 6. The van der Waals surface area contributed by atoms with Crippen molar-refractivity contribution in [3.8, 4) is 0 Å². The highest BCUT2D eigenvalue weighted by molar-refractivity contribution is 5.35. The summed E-state index contributed by atoms with van der Waals surface area (Å²) in [4.78, 5) is 28.5. The fourth-order valence-electron chi connectivity index (χ4n) is 1.89. The SMILES string of the molecule is CCc1nc(NCCc2ccc([N+](=O)[O-])cc2)cc(=O)[nH]1. The largest absolute Gasteiger partial charge is 0.370 e. The van der Waals surface area contributed by atoms with E-state index in [2.05, 4.69) is 15.3 Å². The van der Waals surface area contributed by atoms with E-state index in [1.807, 2.05) is 6.92 Å². The average Bonchev–Trinajstić information content (AvgIpc) is 2.47.